The molecule has 0 saturated heterocycles. The molecule has 0 fully saturated rings. The van der Waals surface area contributed by atoms with Gasteiger partial charge in [0.25, 0.3) is 5.91 Å². The van der Waals surface area contributed by atoms with Gasteiger partial charge in [0.15, 0.2) is 15.8 Å². The second-order valence-corrected chi connectivity index (χ2v) is 10.7. The number of carbonyl (C=O) groups excluding carboxylic acids is 2. The molecule has 0 saturated carbocycles. The molecule has 4 aromatic carbocycles. The van der Waals surface area contributed by atoms with Crippen molar-refractivity contribution in [3.63, 3.8) is 0 Å². The fourth-order valence-corrected chi connectivity index (χ4v) is 5.69. The Balaban J connectivity index is 1.15. The van der Waals surface area contributed by atoms with Crippen molar-refractivity contribution in [2.45, 2.75) is 4.34 Å². The van der Waals surface area contributed by atoms with Crippen LogP contribution in [0.2, 0.25) is 0 Å². The van der Waals surface area contributed by atoms with E-state index in [1.807, 2.05) is 54.6 Å². The third-order valence-electron chi connectivity index (χ3n) is 5.72. The highest BCUT2D eigenvalue weighted by molar-refractivity contribution is 8.01. The Kier molecular flexibility index (Phi) is 8.48. The predicted octanol–water partition coefficient (Wildman–Crippen LogP) is 7.09. The highest BCUT2D eigenvalue weighted by atomic mass is 32.2. The van der Waals surface area contributed by atoms with E-state index in [9.17, 15) is 9.59 Å². The van der Waals surface area contributed by atoms with E-state index in [-0.39, 0.29) is 17.6 Å². The van der Waals surface area contributed by atoms with Crippen molar-refractivity contribution in [1.29, 1.82) is 0 Å². The predicted molar refractivity (Wildman–Crippen MR) is 159 cm³/mol. The molecular weight excluding hydrogens is 546 g/mol. The molecule has 0 unspecified atom stereocenters. The molecule has 0 aliphatic carbocycles. The van der Waals surface area contributed by atoms with Gasteiger partial charge in [-0.05, 0) is 72.8 Å². The zero-order chi connectivity index (χ0) is 27.9. The number of nitrogens with zero attached hydrogens (tertiary/aromatic N) is 1. The van der Waals surface area contributed by atoms with Crippen molar-refractivity contribution in [3.8, 4) is 23.0 Å². The fraction of sp³-hybridized carbons (Fsp3) is 0.100. The first-order valence-electron chi connectivity index (χ1n) is 12.2. The third-order valence-corrected chi connectivity index (χ3v) is 7.88. The van der Waals surface area contributed by atoms with E-state index in [0.29, 0.717) is 34.2 Å². The minimum absolute atomic E-state index is 0.135. The van der Waals surface area contributed by atoms with E-state index < -0.39 is 0 Å². The molecule has 8 nitrogen and oxygen atoms in total. The number of anilines is 2. The van der Waals surface area contributed by atoms with Crippen molar-refractivity contribution < 1.29 is 23.8 Å². The van der Waals surface area contributed by atoms with Gasteiger partial charge in [-0.15, -0.1) is 11.3 Å². The lowest BCUT2D eigenvalue weighted by molar-refractivity contribution is -0.113. The van der Waals surface area contributed by atoms with Gasteiger partial charge in [-0.1, -0.05) is 30.0 Å². The van der Waals surface area contributed by atoms with E-state index in [1.165, 1.54) is 30.2 Å². The summed E-state index contributed by atoms with van der Waals surface area (Å²) in [5.41, 5.74) is 2.57. The van der Waals surface area contributed by atoms with Gasteiger partial charge in [-0.2, -0.15) is 0 Å². The van der Waals surface area contributed by atoms with Gasteiger partial charge in [0.05, 0.1) is 30.2 Å². The molecule has 5 aromatic rings. The van der Waals surface area contributed by atoms with Crippen LogP contribution < -0.4 is 24.8 Å². The molecule has 0 bridgehead atoms. The number of carbonyl (C=O) groups is 2. The highest BCUT2D eigenvalue weighted by Crippen LogP contribution is 2.32. The van der Waals surface area contributed by atoms with Crippen LogP contribution in [0.3, 0.4) is 0 Å². The first kappa shape index (κ1) is 27.0. The van der Waals surface area contributed by atoms with Crippen molar-refractivity contribution in [2.24, 2.45) is 0 Å². The number of thiazole rings is 1. The van der Waals surface area contributed by atoms with Crippen LogP contribution in [0.4, 0.5) is 11.4 Å². The van der Waals surface area contributed by atoms with Crippen LogP contribution in [-0.4, -0.2) is 36.8 Å². The van der Waals surface area contributed by atoms with Gasteiger partial charge >= 0.3 is 0 Å². The summed E-state index contributed by atoms with van der Waals surface area (Å²) in [4.78, 5) is 29.9. The van der Waals surface area contributed by atoms with Crippen LogP contribution >= 0.6 is 23.1 Å². The Hall–Kier alpha value is -4.54. The average molecular weight is 572 g/mol. The van der Waals surface area contributed by atoms with Crippen LogP contribution in [0.1, 0.15) is 10.4 Å². The van der Waals surface area contributed by atoms with Gasteiger partial charge in [-0.25, -0.2) is 4.98 Å². The Labute approximate surface area is 239 Å². The Bertz CT molecular complexity index is 1640. The summed E-state index contributed by atoms with van der Waals surface area (Å²) in [6.45, 7) is 0. The molecule has 0 atom stereocenters. The zero-order valence-corrected chi connectivity index (χ0v) is 23.3. The van der Waals surface area contributed by atoms with Crippen LogP contribution in [0, 0.1) is 0 Å². The van der Waals surface area contributed by atoms with Crippen LogP contribution in [-0.2, 0) is 4.79 Å². The molecule has 0 radical (unpaired) electrons. The van der Waals surface area contributed by atoms with Crippen molar-refractivity contribution >= 4 is 56.5 Å². The number of ether oxygens (including phenoxy) is 3. The molecule has 40 heavy (non-hydrogen) atoms. The van der Waals surface area contributed by atoms with Crippen molar-refractivity contribution in [3.05, 3.63) is 96.6 Å². The summed E-state index contributed by atoms with van der Waals surface area (Å²) >= 11 is 2.82. The Morgan fingerprint density at radius 2 is 1.52 bits per heavy atom. The third kappa shape index (κ3) is 6.71. The molecule has 2 N–H and O–H groups in total. The summed E-state index contributed by atoms with van der Waals surface area (Å²) in [5, 5.41) is 5.80. The largest absolute Gasteiger partial charge is 0.493 e. The quantitative estimate of drug-likeness (QED) is 0.173. The number of hydrogen-bond acceptors (Lipinski definition) is 8. The Morgan fingerprint density at radius 1 is 0.800 bits per heavy atom. The number of hydrogen-bond donors (Lipinski definition) is 2. The molecule has 1 heterocycles. The number of para-hydroxylation sites is 1. The summed E-state index contributed by atoms with van der Waals surface area (Å²) in [7, 11) is 3.07. The minimum Gasteiger partial charge on any atom is -0.493 e. The lowest BCUT2D eigenvalue weighted by Crippen LogP contribution is -2.13. The molecule has 202 valence electrons. The number of benzene rings is 4. The number of thioether (sulfide) groups is 1. The number of methoxy groups -OCH3 is 2. The SMILES string of the molecule is COc1ccc(C(=O)Nc2ccc3nc(SCC(=O)Nc4ccc(Oc5ccccc5)cc4)sc3c2)cc1OC. The van der Waals surface area contributed by atoms with E-state index in [4.69, 9.17) is 14.2 Å². The van der Waals surface area contributed by atoms with Crippen molar-refractivity contribution in [1.82, 2.24) is 4.98 Å². The lowest BCUT2D eigenvalue weighted by Gasteiger charge is -2.10. The first-order chi connectivity index (χ1) is 19.5. The van der Waals surface area contributed by atoms with Gasteiger partial charge < -0.3 is 24.8 Å². The van der Waals surface area contributed by atoms with Gasteiger partial charge in [0.1, 0.15) is 11.5 Å². The van der Waals surface area contributed by atoms with Gasteiger partial charge in [-0.3, -0.25) is 9.59 Å². The monoisotopic (exact) mass is 571 g/mol. The summed E-state index contributed by atoms with van der Waals surface area (Å²) in [6.07, 6.45) is 0. The van der Waals surface area contributed by atoms with Gasteiger partial charge in [0, 0.05) is 16.9 Å². The van der Waals surface area contributed by atoms with Crippen LogP contribution in [0.25, 0.3) is 10.2 Å². The summed E-state index contributed by atoms with van der Waals surface area (Å²) in [5.74, 6) is 2.28. The smallest absolute Gasteiger partial charge is 0.255 e. The minimum atomic E-state index is -0.268. The summed E-state index contributed by atoms with van der Waals surface area (Å²) in [6, 6.07) is 27.2. The number of rotatable bonds is 10. The maximum atomic E-state index is 12.8. The molecule has 0 aliphatic heterocycles. The zero-order valence-electron chi connectivity index (χ0n) is 21.7. The van der Waals surface area contributed by atoms with Crippen molar-refractivity contribution in [2.75, 3.05) is 30.6 Å². The highest BCUT2D eigenvalue weighted by Gasteiger charge is 2.13. The lowest BCUT2D eigenvalue weighted by atomic mass is 10.2. The molecule has 10 heteroatoms. The molecule has 5 rings (SSSR count). The molecule has 1 aromatic heterocycles. The fourth-order valence-electron chi connectivity index (χ4n) is 3.78. The maximum absolute atomic E-state index is 12.8. The number of amides is 2. The topological polar surface area (TPSA) is 98.8 Å². The number of nitrogens with one attached hydrogen (secondary N) is 2. The van der Waals surface area contributed by atoms with E-state index in [2.05, 4.69) is 15.6 Å². The molecule has 0 aliphatic rings. The van der Waals surface area contributed by atoms with Crippen LogP contribution in [0.15, 0.2) is 95.3 Å². The second kappa shape index (κ2) is 12.5. The molecule has 2 amide bonds. The number of aromatic nitrogens is 1. The molecule has 0 spiro atoms. The van der Waals surface area contributed by atoms with E-state index in [0.717, 1.165) is 20.3 Å². The maximum Gasteiger partial charge on any atom is 0.255 e. The second-order valence-electron chi connectivity index (χ2n) is 8.46. The van der Waals surface area contributed by atoms with Gasteiger partial charge in [0.2, 0.25) is 5.91 Å². The number of fused-ring (bicyclic) bond motifs is 1. The normalized spacial score (nSPS) is 10.7. The average Bonchev–Trinajstić information content (AvgIpc) is 3.39. The molecular formula is C30H25N3O5S2. The standard InChI is InChI=1S/C30H25N3O5S2/c1-36-25-15-8-19(16-26(25)37-2)29(35)32-21-11-14-24-27(17-21)40-30(33-24)39-18-28(34)31-20-9-12-23(13-10-20)38-22-6-4-3-5-7-22/h3-17H,18H2,1-2H3,(H,31,34)(H,32,35). The summed E-state index contributed by atoms with van der Waals surface area (Å²) < 4.78 is 18.0. The van der Waals surface area contributed by atoms with E-state index >= 15 is 0 Å². The van der Waals surface area contributed by atoms with E-state index in [1.54, 1.807) is 43.5 Å². The first-order valence-corrected chi connectivity index (χ1v) is 14.0. The van der Waals surface area contributed by atoms with Crippen LogP contribution in [0.5, 0.6) is 23.0 Å². The Morgan fingerprint density at radius 3 is 2.27 bits per heavy atom.